The molecule has 0 saturated heterocycles. The molecule has 0 aromatic carbocycles. The summed E-state index contributed by atoms with van der Waals surface area (Å²) in [5, 5.41) is 8.18. The summed E-state index contributed by atoms with van der Waals surface area (Å²) in [5.41, 5.74) is 0. The Kier molecular flexibility index (Phi) is 7.18. The molecule has 1 N–H and O–H groups in total. The molecule has 0 aliphatic rings. The molecular formula is C5H10O2Zn. The SMILES string of the molecule is CCC(C)C(=O)O.[Zn]. The van der Waals surface area contributed by atoms with E-state index in [1.54, 1.807) is 6.92 Å². The van der Waals surface area contributed by atoms with Crippen molar-refractivity contribution < 1.29 is 29.4 Å². The van der Waals surface area contributed by atoms with Crippen LogP contribution in [0.5, 0.6) is 0 Å². The summed E-state index contributed by atoms with van der Waals surface area (Å²) in [6.07, 6.45) is 0.718. The fourth-order valence-corrected chi connectivity index (χ4v) is 0.175. The van der Waals surface area contributed by atoms with E-state index in [0.29, 0.717) is 0 Å². The van der Waals surface area contributed by atoms with Crippen molar-refractivity contribution in [2.24, 2.45) is 5.92 Å². The maximum Gasteiger partial charge on any atom is 0.306 e. The van der Waals surface area contributed by atoms with Gasteiger partial charge in [0.1, 0.15) is 0 Å². The summed E-state index contributed by atoms with van der Waals surface area (Å²) < 4.78 is 0. The van der Waals surface area contributed by atoms with E-state index in [1.165, 1.54) is 0 Å². The molecule has 0 amide bonds. The van der Waals surface area contributed by atoms with Gasteiger partial charge in [-0.25, -0.2) is 0 Å². The standard InChI is InChI=1S/C5H10O2.Zn/c1-3-4(2)5(6)7;/h4H,3H2,1-2H3,(H,6,7);. The van der Waals surface area contributed by atoms with Crippen LogP contribution < -0.4 is 0 Å². The summed E-state index contributed by atoms with van der Waals surface area (Å²) in [6.45, 7) is 3.56. The van der Waals surface area contributed by atoms with E-state index >= 15 is 0 Å². The maximum absolute atomic E-state index is 9.93. The van der Waals surface area contributed by atoms with E-state index in [-0.39, 0.29) is 25.4 Å². The van der Waals surface area contributed by atoms with Crippen molar-refractivity contribution in [2.75, 3.05) is 0 Å². The van der Waals surface area contributed by atoms with E-state index in [1.807, 2.05) is 6.92 Å². The van der Waals surface area contributed by atoms with Gasteiger partial charge in [0, 0.05) is 19.5 Å². The summed E-state index contributed by atoms with van der Waals surface area (Å²) in [7, 11) is 0. The zero-order valence-corrected chi connectivity index (χ0v) is 8.31. The molecule has 44 valence electrons. The van der Waals surface area contributed by atoms with Gasteiger partial charge in [-0.3, -0.25) is 4.79 Å². The fraction of sp³-hybridized carbons (Fsp3) is 0.800. The van der Waals surface area contributed by atoms with Crippen molar-refractivity contribution in [3.05, 3.63) is 0 Å². The Bertz CT molecular complexity index is 72.8. The van der Waals surface area contributed by atoms with Gasteiger partial charge in [-0.2, -0.15) is 0 Å². The molecule has 3 heteroatoms. The number of hydrogen-bond donors (Lipinski definition) is 1. The number of hydrogen-bond acceptors (Lipinski definition) is 1. The second kappa shape index (κ2) is 5.23. The molecule has 0 bridgehead atoms. The third-order valence-electron chi connectivity index (χ3n) is 1.03. The molecule has 0 saturated carbocycles. The van der Waals surface area contributed by atoms with Crippen molar-refractivity contribution in [2.45, 2.75) is 20.3 Å². The van der Waals surface area contributed by atoms with Gasteiger partial charge < -0.3 is 5.11 Å². The van der Waals surface area contributed by atoms with Crippen molar-refractivity contribution in [3.63, 3.8) is 0 Å². The van der Waals surface area contributed by atoms with Crippen LogP contribution in [0, 0.1) is 5.92 Å². The third-order valence-corrected chi connectivity index (χ3v) is 1.03. The molecule has 8 heavy (non-hydrogen) atoms. The molecule has 1 unspecified atom stereocenters. The fourth-order valence-electron chi connectivity index (χ4n) is 0.175. The summed E-state index contributed by atoms with van der Waals surface area (Å²) >= 11 is 0. The third kappa shape index (κ3) is 4.26. The van der Waals surface area contributed by atoms with Crippen LogP contribution in [0.1, 0.15) is 20.3 Å². The van der Waals surface area contributed by atoms with Gasteiger partial charge in [0.25, 0.3) is 0 Å². The monoisotopic (exact) mass is 166 g/mol. The van der Waals surface area contributed by atoms with Crippen LogP contribution in [-0.4, -0.2) is 11.1 Å². The Morgan fingerprint density at radius 1 is 1.75 bits per heavy atom. The number of rotatable bonds is 2. The Balaban J connectivity index is 0. The van der Waals surface area contributed by atoms with Crippen LogP contribution in [0.25, 0.3) is 0 Å². The van der Waals surface area contributed by atoms with Crippen molar-refractivity contribution in [3.8, 4) is 0 Å². The average molecular weight is 168 g/mol. The first-order valence-corrected chi connectivity index (χ1v) is 2.41. The molecular weight excluding hydrogens is 157 g/mol. The zero-order valence-electron chi connectivity index (χ0n) is 5.35. The van der Waals surface area contributed by atoms with Gasteiger partial charge in [-0.05, 0) is 6.42 Å². The smallest absolute Gasteiger partial charge is 0.306 e. The molecule has 2 nitrogen and oxygen atoms in total. The zero-order chi connectivity index (χ0) is 5.86. The largest absolute Gasteiger partial charge is 0.481 e. The summed E-state index contributed by atoms with van der Waals surface area (Å²) in [4.78, 5) is 9.93. The first kappa shape index (κ1) is 11.0. The predicted molar refractivity (Wildman–Crippen MR) is 27.1 cm³/mol. The van der Waals surface area contributed by atoms with Gasteiger partial charge in [-0.1, -0.05) is 13.8 Å². The van der Waals surface area contributed by atoms with E-state index in [9.17, 15) is 4.79 Å². The van der Waals surface area contributed by atoms with Crippen LogP contribution in [0.4, 0.5) is 0 Å². The minimum Gasteiger partial charge on any atom is -0.481 e. The first-order chi connectivity index (χ1) is 3.18. The second-order valence-corrected chi connectivity index (χ2v) is 1.65. The van der Waals surface area contributed by atoms with E-state index in [0.717, 1.165) is 6.42 Å². The second-order valence-electron chi connectivity index (χ2n) is 1.65. The van der Waals surface area contributed by atoms with Gasteiger partial charge in [0.15, 0.2) is 0 Å². The van der Waals surface area contributed by atoms with Crippen LogP contribution in [0.15, 0.2) is 0 Å². The van der Waals surface area contributed by atoms with Crippen molar-refractivity contribution in [1.82, 2.24) is 0 Å². The molecule has 0 radical (unpaired) electrons. The molecule has 0 aromatic rings. The molecule has 1 atom stereocenters. The van der Waals surface area contributed by atoms with Crippen molar-refractivity contribution in [1.29, 1.82) is 0 Å². The quantitative estimate of drug-likeness (QED) is 0.626. The first-order valence-electron chi connectivity index (χ1n) is 2.41. The molecule has 0 aliphatic heterocycles. The number of carboxylic acid groups (broad SMARTS) is 1. The molecule has 0 heterocycles. The van der Waals surface area contributed by atoms with E-state index in [4.69, 9.17) is 5.11 Å². The van der Waals surface area contributed by atoms with Crippen LogP contribution in [-0.2, 0) is 24.3 Å². The number of aliphatic carboxylic acids is 1. The minimum absolute atomic E-state index is 0. The van der Waals surface area contributed by atoms with Gasteiger partial charge in [0.2, 0.25) is 0 Å². The van der Waals surface area contributed by atoms with E-state index in [2.05, 4.69) is 0 Å². The number of carboxylic acids is 1. The maximum atomic E-state index is 9.93. The molecule has 0 aromatic heterocycles. The Labute approximate surface area is 62.0 Å². The van der Waals surface area contributed by atoms with E-state index < -0.39 is 5.97 Å². The predicted octanol–water partition coefficient (Wildman–Crippen LogP) is 1.11. The number of carbonyl (C=O) groups is 1. The van der Waals surface area contributed by atoms with Crippen molar-refractivity contribution >= 4 is 5.97 Å². The van der Waals surface area contributed by atoms with Gasteiger partial charge in [-0.15, -0.1) is 0 Å². The van der Waals surface area contributed by atoms with Crippen LogP contribution in [0.3, 0.4) is 0 Å². The molecule has 0 fully saturated rings. The Morgan fingerprint density at radius 3 is 2.12 bits per heavy atom. The Morgan fingerprint density at radius 2 is 2.12 bits per heavy atom. The van der Waals surface area contributed by atoms with Gasteiger partial charge in [0.05, 0.1) is 5.92 Å². The van der Waals surface area contributed by atoms with Crippen LogP contribution in [0.2, 0.25) is 0 Å². The minimum atomic E-state index is -0.706. The average Bonchev–Trinajstić information content (AvgIpc) is 1.65. The van der Waals surface area contributed by atoms with Gasteiger partial charge >= 0.3 is 5.97 Å². The topological polar surface area (TPSA) is 37.3 Å². The molecule has 0 spiro atoms. The molecule has 0 rings (SSSR count). The Hall–Kier alpha value is 0.0934. The molecule has 0 aliphatic carbocycles. The van der Waals surface area contributed by atoms with Crippen LogP contribution >= 0.6 is 0 Å². The summed E-state index contributed by atoms with van der Waals surface area (Å²) in [6, 6.07) is 0. The normalized spacial score (nSPS) is 11.8. The summed E-state index contributed by atoms with van der Waals surface area (Å²) in [5.74, 6) is -0.887.